The topological polar surface area (TPSA) is 20.2 Å². The standard InChI is InChI=1S/C27H46O/c1-18(2)25(28)14-9-19(3)22-12-13-23-21-11-10-20-8-6-7-16-26(20,4)24(21)15-17-27(22,23)5/h10,18-19,21-25,28H,6-9,11-17H2,1-5H3/t19-,21+,22-,23+,24+,25+,26+,27-/m1/s1. The van der Waals surface area contributed by atoms with Crippen LogP contribution < -0.4 is 0 Å². The smallest absolute Gasteiger partial charge is 0.0563 e. The molecular formula is C27H46O. The molecular weight excluding hydrogens is 340 g/mol. The molecule has 0 aromatic heterocycles. The van der Waals surface area contributed by atoms with Crippen LogP contribution in [0.3, 0.4) is 0 Å². The molecule has 3 fully saturated rings. The number of hydrogen-bond donors (Lipinski definition) is 1. The van der Waals surface area contributed by atoms with Crippen molar-refractivity contribution < 1.29 is 5.11 Å². The Bertz CT molecular complexity index is 591. The van der Waals surface area contributed by atoms with Gasteiger partial charge in [-0.2, -0.15) is 0 Å². The van der Waals surface area contributed by atoms with E-state index in [1.807, 2.05) is 5.57 Å². The largest absolute Gasteiger partial charge is 0.393 e. The van der Waals surface area contributed by atoms with E-state index in [9.17, 15) is 5.11 Å². The van der Waals surface area contributed by atoms with Crippen LogP contribution in [0.2, 0.25) is 0 Å². The minimum absolute atomic E-state index is 0.114. The van der Waals surface area contributed by atoms with Gasteiger partial charge in [0.05, 0.1) is 6.10 Å². The lowest BCUT2D eigenvalue weighted by atomic mass is 9.47. The molecule has 160 valence electrons. The summed E-state index contributed by atoms with van der Waals surface area (Å²) in [7, 11) is 0. The number of fused-ring (bicyclic) bond motifs is 5. The molecule has 0 aromatic carbocycles. The maximum absolute atomic E-state index is 10.3. The van der Waals surface area contributed by atoms with Crippen molar-refractivity contribution in [1.29, 1.82) is 0 Å². The molecule has 8 atom stereocenters. The zero-order valence-electron chi connectivity index (χ0n) is 19.3. The quantitative estimate of drug-likeness (QED) is 0.488. The van der Waals surface area contributed by atoms with Gasteiger partial charge in [-0.25, -0.2) is 0 Å². The number of allylic oxidation sites excluding steroid dienone is 2. The summed E-state index contributed by atoms with van der Waals surface area (Å²) < 4.78 is 0. The van der Waals surface area contributed by atoms with Gasteiger partial charge in [0, 0.05) is 0 Å². The zero-order chi connectivity index (χ0) is 20.1. The maximum Gasteiger partial charge on any atom is 0.0563 e. The first kappa shape index (κ1) is 21.0. The number of hydrogen-bond acceptors (Lipinski definition) is 1. The second-order valence-electron chi connectivity index (χ2n) is 12.1. The lowest BCUT2D eigenvalue weighted by molar-refractivity contribution is -0.0508. The SMILES string of the molecule is CC(C)[C@@H](O)CC[C@@H](C)[C@H]1CC[C@H]2[C@@H]3CC=C4CCCC[C@]4(C)[C@H]3CC[C@]12C. The van der Waals surface area contributed by atoms with Crippen LogP contribution in [0.4, 0.5) is 0 Å². The van der Waals surface area contributed by atoms with Gasteiger partial charge in [0.1, 0.15) is 0 Å². The second-order valence-corrected chi connectivity index (χ2v) is 12.1. The molecule has 0 amide bonds. The molecule has 0 unspecified atom stereocenters. The van der Waals surface area contributed by atoms with E-state index in [2.05, 4.69) is 40.7 Å². The Kier molecular flexibility index (Phi) is 5.80. The van der Waals surface area contributed by atoms with E-state index in [-0.39, 0.29) is 6.10 Å². The summed E-state index contributed by atoms with van der Waals surface area (Å²) in [5.74, 6) is 4.90. The first-order chi connectivity index (χ1) is 13.3. The van der Waals surface area contributed by atoms with Crippen molar-refractivity contribution in [3.05, 3.63) is 11.6 Å². The zero-order valence-corrected chi connectivity index (χ0v) is 19.3. The third-order valence-electron chi connectivity index (χ3n) is 10.5. The van der Waals surface area contributed by atoms with E-state index in [1.54, 1.807) is 0 Å². The van der Waals surface area contributed by atoms with Crippen LogP contribution in [0.5, 0.6) is 0 Å². The van der Waals surface area contributed by atoms with Gasteiger partial charge in [0.15, 0.2) is 0 Å². The molecule has 4 aliphatic carbocycles. The van der Waals surface area contributed by atoms with Crippen molar-refractivity contribution in [1.82, 2.24) is 0 Å². The molecule has 3 saturated carbocycles. The number of rotatable bonds is 5. The summed E-state index contributed by atoms with van der Waals surface area (Å²) in [6, 6.07) is 0. The van der Waals surface area contributed by atoms with E-state index >= 15 is 0 Å². The highest BCUT2D eigenvalue weighted by Gasteiger charge is 2.58. The van der Waals surface area contributed by atoms with Crippen LogP contribution in [-0.2, 0) is 0 Å². The van der Waals surface area contributed by atoms with E-state index in [0.29, 0.717) is 16.7 Å². The Morgan fingerprint density at radius 3 is 2.54 bits per heavy atom. The third kappa shape index (κ3) is 3.32. The lowest BCUT2D eigenvalue weighted by Gasteiger charge is -2.58. The minimum Gasteiger partial charge on any atom is -0.393 e. The molecule has 0 saturated heterocycles. The van der Waals surface area contributed by atoms with Crippen LogP contribution in [0, 0.1) is 46.3 Å². The predicted octanol–water partition coefficient (Wildman–Crippen LogP) is 7.39. The van der Waals surface area contributed by atoms with Gasteiger partial charge < -0.3 is 5.11 Å². The summed E-state index contributed by atoms with van der Waals surface area (Å²) in [5, 5.41) is 10.3. The van der Waals surface area contributed by atoms with Gasteiger partial charge in [-0.05, 0) is 111 Å². The third-order valence-corrected chi connectivity index (χ3v) is 10.5. The molecule has 4 aliphatic rings. The summed E-state index contributed by atoms with van der Waals surface area (Å²) in [6.07, 6.45) is 17.8. The summed E-state index contributed by atoms with van der Waals surface area (Å²) in [6.45, 7) is 12.1. The van der Waals surface area contributed by atoms with Crippen LogP contribution >= 0.6 is 0 Å². The fourth-order valence-electron chi connectivity index (χ4n) is 8.64. The highest BCUT2D eigenvalue weighted by molar-refractivity contribution is 5.24. The Balaban J connectivity index is 1.48. The monoisotopic (exact) mass is 386 g/mol. The van der Waals surface area contributed by atoms with E-state index in [0.717, 1.165) is 36.0 Å². The van der Waals surface area contributed by atoms with Gasteiger partial charge in [-0.3, -0.25) is 0 Å². The normalized spacial score (nSPS) is 45.0. The van der Waals surface area contributed by atoms with Crippen molar-refractivity contribution in [3.8, 4) is 0 Å². The molecule has 1 nitrogen and oxygen atoms in total. The van der Waals surface area contributed by atoms with E-state index in [1.165, 1.54) is 64.2 Å². The Hall–Kier alpha value is -0.300. The van der Waals surface area contributed by atoms with Crippen LogP contribution in [-0.4, -0.2) is 11.2 Å². The van der Waals surface area contributed by atoms with Gasteiger partial charge in [0.2, 0.25) is 0 Å². The van der Waals surface area contributed by atoms with Crippen molar-refractivity contribution in [2.24, 2.45) is 46.3 Å². The molecule has 1 heteroatoms. The van der Waals surface area contributed by atoms with E-state index < -0.39 is 0 Å². The van der Waals surface area contributed by atoms with E-state index in [4.69, 9.17) is 0 Å². The van der Waals surface area contributed by atoms with Gasteiger partial charge >= 0.3 is 0 Å². The molecule has 28 heavy (non-hydrogen) atoms. The summed E-state index contributed by atoms with van der Waals surface area (Å²) in [4.78, 5) is 0. The van der Waals surface area contributed by atoms with Gasteiger partial charge in [-0.15, -0.1) is 0 Å². The van der Waals surface area contributed by atoms with Crippen molar-refractivity contribution in [2.75, 3.05) is 0 Å². The molecule has 0 radical (unpaired) electrons. The highest BCUT2D eigenvalue weighted by Crippen LogP contribution is 2.67. The molecule has 0 aromatic rings. The second kappa shape index (κ2) is 7.75. The van der Waals surface area contributed by atoms with Crippen LogP contribution in [0.25, 0.3) is 0 Å². The maximum atomic E-state index is 10.3. The lowest BCUT2D eigenvalue weighted by Crippen LogP contribution is -2.50. The molecule has 0 heterocycles. The molecule has 4 rings (SSSR count). The Morgan fingerprint density at radius 2 is 1.79 bits per heavy atom. The first-order valence-corrected chi connectivity index (χ1v) is 12.6. The molecule has 0 aliphatic heterocycles. The minimum atomic E-state index is -0.114. The Labute approximate surface area is 174 Å². The number of aliphatic hydroxyl groups is 1. The van der Waals surface area contributed by atoms with Gasteiger partial charge in [-0.1, -0.05) is 52.7 Å². The van der Waals surface area contributed by atoms with Crippen molar-refractivity contribution in [3.63, 3.8) is 0 Å². The summed E-state index contributed by atoms with van der Waals surface area (Å²) in [5.41, 5.74) is 2.93. The fraction of sp³-hybridized carbons (Fsp3) is 0.926. The van der Waals surface area contributed by atoms with Crippen LogP contribution in [0.1, 0.15) is 105 Å². The average Bonchev–Trinajstić information content (AvgIpc) is 3.02. The van der Waals surface area contributed by atoms with Crippen molar-refractivity contribution in [2.45, 2.75) is 111 Å². The first-order valence-electron chi connectivity index (χ1n) is 12.6. The van der Waals surface area contributed by atoms with Crippen molar-refractivity contribution >= 4 is 0 Å². The average molecular weight is 387 g/mol. The number of aliphatic hydroxyl groups excluding tert-OH is 1. The summed E-state index contributed by atoms with van der Waals surface area (Å²) >= 11 is 0. The highest BCUT2D eigenvalue weighted by atomic mass is 16.3. The van der Waals surface area contributed by atoms with Crippen LogP contribution in [0.15, 0.2) is 11.6 Å². The molecule has 0 spiro atoms. The molecule has 1 N–H and O–H groups in total. The predicted molar refractivity (Wildman–Crippen MR) is 119 cm³/mol. The Morgan fingerprint density at radius 1 is 1.00 bits per heavy atom. The van der Waals surface area contributed by atoms with Gasteiger partial charge in [0.25, 0.3) is 0 Å². The fourth-order valence-corrected chi connectivity index (χ4v) is 8.64. The molecule has 0 bridgehead atoms.